The van der Waals surface area contributed by atoms with Gasteiger partial charge in [0.1, 0.15) is 11.6 Å². The van der Waals surface area contributed by atoms with E-state index in [2.05, 4.69) is 53.6 Å². The molecule has 162 valence electrons. The third-order valence-corrected chi connectivity index (χ3v) is 6.34. The summed E-state index contributed by atoms with van der Waals surface area (Å²) < 4.78 is 5.46. The second-order valence-electron chi connectivity index (χ2n) is 8.31. The predicted octanol–water partition coefficient (Wildman–Crippen LogP) is 1.91. The first-order valence-electron chi connectivity index (χ1n) is 10.9. The molecule has 9 heteroatoms. The number of fused-ring (bicyclic) bond motifs is 1. The molecule has 2 aliphatic rings. The number of hydrogen-bond acceptors (Lipinski definition) is 9. The van der Waals surface area contributed by atoms with Crippen LogP contribution < -0.4 is 9.80 Å². The smallest absolute Gasteiger partial charge is 0.162 e. The van der Waals surface area contributed by atoms with Crippen LogP contribution in [0, 0.1) is 12.8 Å². The van der Waals surface area contributed by atoms with Gasteiger partial charge in [0.15, 0.2) is 5.82 Å². The quantitative estimate of drug-likeness (QED) is 0.677. The second-order valence-corrected chi connectivity index (χ2v) is 8.31. The first kappa shape index (κ1) is 20.0. The molecule has 31 heavy (non-hydrogen) atoms. The molecule has 3 aromatic rings. The summed E-state index contributed by atoms with van der Waals surface area (Å²) in [5.41, 5.74) is 3.59. The van der Waals surface area contributed by atoms with Crippen molar-refractivity contribution in [3.8, 4) is 0 Å². The van der Waals surface area contributed by atoms with E-state index in [0.717, 1.165) is 73.7 Å². The van der Waals surface area contributed by atoms with E-state index in [1.807, 2.05) is 13.0 Å². The molecule has 4 heterocycles. The fourth-order valence-electron chi connectivity index (χ4n) is 4.59. The Morgan fingerprint density at radius 1 is 1.06 bits per heavy atom. The maximum absolute atomic E-state index is 11.0. The first-order valence-corrected chi connectivity index (χ1v) is 10.9. The zero-order valence-corrected chi connectivity index (χ0v) is 17.7. The van der Waals surface area contributed by atoms with Crippen molar-refractivity contribution in [3.05, 3.63) is 41.7 Å². The molecule has 0 aliphatic carbocycles. The molecular formula is C22H27N7O2. The summed E-state index contributed by atoms with van der Waals surface area (Å²) in [6, 6.07) is 8.18. The van der Waals surface area contributed by atoms with Gasteiger partial charge in [-0.3, -0.25) is 0 Å². The minimum atomic E-state index is -0.648. The fraction of sp³-hybridized carbons (Fsp3) is 0.500. The van der Waals surface area contributed by atoms with Crippen molar-refractivity contribution in [2.45, 2.75) is 25.9 Å². The minimum absolute atomic E-state index is 0.0572. The molecule has 9 nitrogen and oxygen atoms in total. The minimum Gasteiger partial charge on any atom is -0.386 e. The van der Waals surface area contributed by atoms with Gasteiger partial charge in [-0.15, -0.1) is 10.2 Å². The molecule has 1 N–H and O–H groups in total. The van der Waals surface area contributed by atoms with Gasteiger partial charge < -0.3 is 19.6 Å². The highest BCUT2D eigenvalue weighted by Crippen LogP contribution is 2.34. The van der Waals surface area contributed by atoms with Crippen LogP contribution in [0.15, 0.2) is 30.5 Å². The maximum atomic E-state index is 11.0. The third-order valence-electron chi connectivity index (χ3n) is 6.34. The van der Waals surface area contributed by atoms with Gasteiger partial charge in [0, 0.05) is 49.4 Å². The van der Waals surface area contributed by atoms with E-state index >= 15 is 0 Å². The fourth-order valence-corrected chi connectivity index (χ4v) is 4.59. The molecule has 0 unspecified atom stereocenters. The van der Waals surface area contributed by atoms with Crippen LogP contribution in [0.1, 0.15) is 30.2 Å². The van der Waals surface area contributed by atoms with Crippen LogP contribution in [0.4, 0.5) is 11.5 Å². The van der Waals surface area contributed by atoms with Crippen molar-refractivity contribution in [1.29, 1.82) is 0 Å². The molecule has 0 radical (unpaired) electrons. The van der Waals surface area contributed by atoms with Gasteiger partial charge in [0.2, 0.25) is 0 Å². The number of ether oxygens (including phenoxy) is 1. The number of anilines is 2. The molecule has 2 atom stereocenters. The molecule has 2 saturated heterocycles. The van der Waals surface area contributed by atoms with E-state index in [4.69, 9.17) is 4.74 Å². The standard InChI is InChI=1S/C22H27N7O2/c1-15-6-7-23-25-20(15)21(30)16-3-2-8-29(14-16)22-18-5-4-17(13-19(18)24-27-26-22)28-9-11-31-12-10-28/h4-7,13,16,21,30H,2-3,8-12,14H2,1H3/t16-,21-/m0/s1. The van der Waals surface area contributed by atoms with Crippen molar-refractivity contribution in [1.82, 2.24) is 25.6 Å². The average molecular weight is 422 g/mol. The lowest BCUT2D eigenvalue weighted by atomic mass is 9.89. The Balaban J connectivity index is 1.40. The molecule has 5 rings (SSSR count). The number of rotatable bonds is 4. The first-order chi connectivity index (χ1) is 15.2. The number of aliphatic hydroxyl groups is 1. The van der Waals surface area contributed by atoms with E-state index in [1.54, 1.807) is 6.20 Å². The van der Waals surface area contributed by atoms with Crippen LogP contribution in [-0.2, 0) is 4.74 Å². The lowest BCUT2D eigenvalue weighted by Gasteiger charge is -2.36. The third kappa shape index (κ3) is 4.03. The zero-order valence-electron chi connectivity index (χ0n) is 17.7. The molecular weight excluding hydrogens is 394 g/mol. The van der Waals surface area contributed by atoms with Gasteiger partial charge in [-0.1, -0.05) is 0 Å². The van der Waals surface area contributed by atoms with Gasteiger partial charge in [-0.05, 0) is 54.8 Å². The van der Waals surface area contributed by atoms with Crippen molar-refractivity contribution >= 4 is 22.4 Å². The predicted molar refractivity (Wildman–Crippen MR) is 117 cm³/mol. The Morgan fingerprint density at radius 2 is 1.94 bits per heavy atom. The maximum Gasteiger partial charge on any atom is 0.162 e. The lowest BCUT2D eigenvalue weighted by molar-refractivity contribution is 0.0926. The largest absolute Gasteiger partial charge is 0.386 e. The van der Waals surface area contributed by atoms with Gasteiger partial charge in [-0.25, -0.2) is 0 Å². The zero-order chi connectivity index (χ0) is 21.2. The summed E-state index contributed by atoms with van der Waals surface area (Å²) in [5.74, 6) is 0.882. The van der Waals surface area contributed by atoms with E-state index in [-0.39, 0.29) is 5.92 Å². The van der Waals surface area contributed by atoms with Crippen molar-refractivity contribution < 1.29 is 9.84 Å². The summed E-state index contributed by atoms with van der Waals surface area (Å²) in [7, 11) is 0. The summed E-state index contributed by atoms with van der Waals surface area (Å²) in [5, 5.41) is 32.8. The summed E-state index contributed by atoms with van der Waals surface area (Å²) in [6.07, 6.45) is 2.91. The van der Waals surface area contributed by atoms with Crippen LogP contribution in [-0.4, -0.2) is 70.1 Å². The van der Waals surface area contributed by atoms with Crippen LogP contribution in [0.2, 0.25) is 0 Å². The number of aromatic nitrogens is 5. The van der Waals surface area contributed by atoms with Gasteiger partial charge >= 0.3 is 0 Å². The van der Waals surface area contributed by atoms with E-state index in [1.165, 1.54) is 0 Å². The Bertz CT molecular complexity index is 1060. The molecule has 0 amide bonds. The highest BCUT2D eigenvalue weighted by Gasteiger charge is 2.30. The average Bonchev–Trinajstić information content (AvgIpc) is 2.84. The van der Waals surface area contributed by atoms with Crippen LogP contribution in [0.5, 0.6) is 0 Å². The number of nitrogens with zero attached hydrogens (tertiary/aromatic N) is 7. The highest BCUT2D eigenvalue weighted by molar-refractivity contribution is 5.91. The van der Waals surface area contributed by atoms with Crippen molar-refractivity contribution in [2.75, 3.05) is 49.2 Å². The van der Waals surface area contributed by atoms with Crippen LogP contribution in [0.3, 0.4) is 0 Å². The summed E-state index contributed by atoms with van der Waals surface area (Å²) in [4.78, 5) is 4.52. The Hall–Kier alpha value is -2.91. The number of aliphatic hydroxyl groups excluding tert-OH is 1. The Morgan fingerprint density at radius 3 is 2.77 bits per heavy atom. The number of hydrogen-bond donors (Lipinski definition) is 1. The van der Waals surface area contributed by atoms with Crippen molar-refractivity contribution in [2.24, 2.45) is 5.92 Å². The normalized spacial score (nSPS) is 20.8. The molecule has 0 saturated carbocycles. The Labute approximate surface area is 181 Å². The molecule has 2 aliphatic heterocycles. The molecule has 2 fully saturated rings. The van der Waals surface area contributed by atoms with Crippen LogP contribution >= 0.6 is 0 Å². The topological polar surface area (TPSA) is 100 Å². The van der Waals surface area contributed by atoms with Gasteiger partial charge in [0.05, 0.1) is 18.9 Å². The molecule has 1 aromatic carbocycles. The van der Waals surface area contributed by atoms with E-state index in [9.17, 15) is 5.11 Å². The van der Waals surface area contributed by atoms with E-state index < -0.39 is 6.10 Å². The van der Waals surface area contributed by atoms with Gasteiger partial charge in [0.25, 0.3) is 0 Å². The van der Waals surface area contributed by atoms with E-state index in [0.29, 0.717) is 12.2 Å². The SMILES string of the molecule is Cc1ccnnc1[C@@H](O)[C@H]1CCCN(c2nnnc3cc(N4CCOCC4)ccc23)C1. The summed E-state index contributed by atoms with van der Waals surface area (Å²) in [6.45, 7) is 6.77. The van der Waals surface area contributed by atoms with Crippen LogP contribution in [0.25, 0.3) is 10.9 Å². The second kappa shape index (κ2) is 8.68. The Kier molecular flexibility index (Phi) is 5.61. The lowest BCUT2D eigenvalue weighted by Crippen LogP contribution is -2.39. The number of aryl methyl sites for hydroxylation is 1. The number of morpholine rings is 1. The van der Waals surface area contributed by atoms with Crippen molar-refractivity contribution in [3.63, 3.8) is 0 Å². The highest BCUT2D eigenvalue weighted by atomic mass is 16.5. The number of piperidine rings is 1. The molecule has 0 bridgehead atoms. The van der Waals surface area contributed by atoms with Gasteiger partial charge in [-0.2, -0.15) is 10.2 Å². The summed E-state index contributed by atoms with van der Waals surface area (Å²) >= 11 is 0. The number of benzene rings is 1. The molecule has 0 spiro atoms. The molecule has 2 aromatic heterocycles. The monoisotopic (exact) mass is 421 g/mol.